The summed E-state index contributed by atoms with van der Waals surface area (Å²) in [4.78, 5) is 17.5. The van der Waals surface area contributed by atoms with E-state index in [1.807, 2.05) is 6.07 Å². The van der Waals surface area contributed by atoms with Gasteiger partial charge in [-0.3, -0.25) is 4.79 Å². The Morgan fingerprint density at radius 1 is 1.30 bits per heavy atom. The maximum atomic E-state index is 13.3. The molecule has 0 bridgehead atoms. The van der Waals surface area contributed by atoms with Gasteiger partial charge in [0.1, 0.15) is 11.6 Å². The Hall–Kier alpha value is -2.89. The molecule has 2 aromatic carbocycles. The van der Waals surface area contributed by atoms with E-state index in [0.717, 1.165) is 0 Å². The van der Waals surface area contributed by atoms with Gasteiger partial charge < -0.3 is 14.9 Å². The van der Waals surface area contributed by atoms with Gasteiger partial charge in [-0.25, -0.2) is 4.39 Å². The first-order chi connectivity index (χ1) is 11.2. The SMILES string of the molecule is COc1ccccc1NC(=O)[C@H]1CC(c2cccc(F)c2)=NO1. The number of hydrogen-bond donors (Lipinski definition) is 1. The second-order valence-electron chi connectivity index (χ2n) is 5.04. The van der Waals surface area contributed by atoms with E-state index < -0.39 is 6.10 Å². The minimum absolute atomic E-state index is 0.282. The number of anilines is 1. The predicted octanol–water partition coefficient (Wildman–Crippen LogP) is 2.97. The Balaban J connectivity index is 1.67. The molecule has 23 heavy (non-hydrogen) atoms. The molecule has 5 nitrogen and oxygen atoms in total. The van der Waals surface area contributed by atoms with Gasteiger partial charge in [0, 0.05) is 12.0 Å². The largest absolute Gasteiger partial charge is 0.495 e. The third-order valence-corrected chi connectivity index (χ3v) is 3.48. The van der Waals surface area contributed by atoms with Crippen LogP contribution in [0.25, 0.3) is 0 Å². The third-order valence-electron chi connectivity index (χ3n) is 3.48. The second-order valence-corrected chi connectivity index (χ2v) is 5.04. The Kier molecular flexibility index (Phi) is 4.23. The molecule has 118 valence electrons. The van der Waals surface area contributed by atoms with Gasteiger partial charge in [0.25, 0.3) is 5.91 Å². The van der Waals surface area contributed by atoms with Crippen LogP contribution in [0.1, 0.15) is 12.0 Å². The number of benzene rings is 2. The average Bonchev–Trinajstić information content (AvgIpc) is 3.05. The number of rotatable bonds is 4. The maximum absolute atomic E-state index is 13.3. The summed E-state index contributed by atoms with van der Waals surface area (Å²) in [5.74, 6) is -0.123. The molecular weight excluding hydrogens is 299 g/mol. The first kappa shape index (κ1) is 15.0. The van der Waals surface area contributed by atoms with E-state index in [1.165, 1.54) is 19.2 Å². The number of nitrogens with zero attached hydrogens (tertiary/aromatic N) is 1. The maximum Gasteiger partial charge on any atom is 0.268 e. The molecule has 0 spiro atoms. The van der Waals surface area contributed by atoms with Gasteiger partial charge in [0.2, 0.25) is 6.10 Å². The molecule has 0 fully saturated rings. The number of methoxy groups -OCH3 is 1. The number of oxime groups is 1. The molecule has 0 saturated carbocycles. The number of carbonyl (C=O) groups is 1. The van der Waals surface area contributed by atoms with Crippen LogP contribution in [0.4, 0.5) is 10.1 Å². The van der Waals surface area contributed by atoms with Crippen molar-refractivity contribution in [1.82, 2.24) is 0 Å². The van der Waals surface area contributed by atoms with Crippen LogP contribution in [-0.4, -0.2) is 24.8 Å². The zero-order valence-electron chi connectivity index (χ0n) is 12.5. The number of nitrogens with one attached hydrogen (secondary N) is 1. The van der Waals surface area contributed by atoms with Crippen molar-refractivity contribution in [2.24, 2.45) is 5.16 Å². The van der Waals surface area contributed by atoms with E-state index in [-0.39, 0.29) is 18.1 Å². The van der Waals surface area contributed by atoms with Gasteiger partial charge in [-0.2, -0.15) is 0 Å². The van der Waals surface area contributed by atoms with Crippen molar-refractivity contribution >= 4 is 17.3 Å². The lowest BCUT2D eigenvalue weighted by molar-refractivity contribution is -0.125. The van der Waals surface area contributed by atoms with Gasteiger partial charge in [0.15, 0.2) is 0 Å². The highest BCUT2D eigenvalue weighted by molar-refractivity contribution is 6.06. The summed E-state index contributed by atoms with van der Waals surface area (Å²) in [6, 6.07) is 13.1. The Labute approximate surface area is 132 Å². The molecule has 0 aliphatic carbocycles. The smallest absolute Gasteiger partial charge is 0.268 e. The Morgan fingerprint density at radius 3 is 2.91 bits per heavy atom. The van der Waals surface area contributed by atoms with E-state index in [9.17, 15) is 9.18 Å². The number of ether oxygens (including phenoxy) is 1. The van der Waals surface area contributed by atoms with Crippen molar-refractivity contribution in [1.29, 1.82) is 0 Å². The molecule has 3 rings (SSSR count). The number of amides is 1. The van der Waals surface area contributed by atoms with E-state index >= 15 is 0 Å². The normalized spacial score (nSPS) is 16.4. The molecule has 1 aliphatic heterocycles. The summed E-state index contributed by atoms with van der Waals surface area (Å²) in [5, 5.41) is 6.64. The summed E-state index contributed by atoms with van der Waals surface area (Å²) in [5.41, 5.74) is 1.71. The van der Waals surface area contributed by atoms with Crippen LogP contribution >= 0.6 is 0 Å². The third kappa shape index (κ3) is 3.31. The lowest BCUT2D eigenvalue weighted by atomic mass is 10.0. The monoisotopic (exact) mass is 314 g/mol. The van der Waals surface area contributed by atoms with Crippen molar-refractivity contribution in [3.05, 3.63) is 59.9 Å². The minimum Gasteiger partial charge on any atom is -0.495 e. The molecule has 1 heterocycles. The summed E-state index contributed by atoms with van der Waals surface area (Å²) in [6.07, 6.45) is -0.470. The zero-order chi connectivity index (χ0) is 16.2. The molecular formula is C17H15FN2O3. The molecule has 0 radical (unpaired) electrons. The molecule has 6 heteroatoms. The lowest BCUT2D eigenvalue weighted by Gasteiger charge is -2.12. The van der Waals surface area contributed by atoms with Gasteiger partial charge in [-0.05, 0) is 24.3 Å². The molecule has 1 aliphatic rings. The topological polar surface area (TPSA) is 59.9 Å². The van der Waals surface area contributed by atoms with Gasteiger partial charge >= 0.3 is 0 Å². The van der Waals surface area contributed by atoms with Crippen LogP contribution in [0.3, 0.4) is 0 Å². The second kappa shape index (κ2) is 6.48. The molecule has 0 saturated heterocycles. The molecule has 1 amide bonds. The first-order valence-electron chi connectivity index (χ1n) is 7.10. The summed E-state index contributed by atoms with van der Waals surface area (Å²) >= 11 is 0. The van der Waals surface area contributed by atoms with Gasteiger partial charge in [-0.15, -0.1) is 0 Å². The van der Waals surface area contributed by atoms with Gasteiger partial charge in [-0.1, -0.05) is 29.4 Å². The first-order valence-corrected chi connectivity index (χ1v) is 7.10. The van der Waals surface area contributed by atoms with E-state index in [4.69, 9.17) is 9.57 Å². The highest BCUT2D eigenvalue weighted by Gasteiger charge is 2.29. The Bertz CT molecular complexity index is 761. The molecule has 2 aromatic rings. The quantitative estimate of drug-likeness (QED) is 0.944. The number of hydrogen-bond acceptors (Lipinski definition) is 4. The van der Waals surface area contributed by atoms with Crippen LogP contribution in [0.5, 0.6) is 5.75 Å². The average molecular weight is 314 g/mol. The Morgan fingerprint density at radius 2 is 2.13 bits per heavy atom. The van der Waals surface area contributed by atoms with Crippen LogP contribution in [0.15, 0.2) is 53.7 Å². The highest BCUT2D eigenvalue weighted by atomic mass is 19.1. The molecule has 1 atom stereocenters. The van der Waals surface area contributed by atoms with Crippen molar-refractivity contribution in [3.8, 4) is 5.75 Å². The van der Waals surface area contributed by atoms with Crippen LogP contribution in [0, 0.1) is 5.82 Å². The molecule has 0 aromatic heterocycles. The van der Waals surface area contributed by atoms with Crippen LogP contribution in [0.2, 0.25) is 0 Å². The number of para-hydroxylation sites is 2. The van der Waals surface area contributed by atoms with Gasteiger partial charge in [0.05, 0.1) is 18.5 Å². The standard InChI is InChI=1S/C17H15FN2O3/c1-22-15-8-3-2-7-13(15)19-17(21)16-10-14(20-23-16)11-5-4-6-12(18)9-11/h2-9,16H,10H2,1H3,(H,19,21)/t16-/m1/s1. The highest BCUT2D eigenvalue weighted by Crippen LogP contribution is 2.25. The molecule has 1 N–H and O–H groups in total. The predicted molar refractivity (Wildman–Crippen MR) is 84.1 cm³/mol. The fraction of sp³-hybridized carbons (Fsp3) is 0.176. The summed E-state index contributed by atoms with van der Waals surface area (Å²) < 4.78 is 18.4. The van der Waals surface area contributed by atoms with Crippen LogP contribution in [-0.2, 0) is 9.63 Å². The fourth-order valence-electron chi connectivity index (χ4n) is 2.32. The zero-order valence-corrected chi connectivity index (χ0v) is 12.5. The number of carbonyl (C=O) groups excluding carboxylic acids is 1. The van der Waals surface area contributed by atoms with E-state index in [0.29, 0.717) is 22.7 Å². The van der Waals surface area contributed by atoms with E-state index in [1.54, 1.807) is 30.3 Å². The van der Waals surface area contributed by atoms with Crippen molar-refractivity contribution in [2.75, 3.05) is 12.4 Å². The van der Waals surface area contributed by atoms with Crippen molar-refractivity contribution in [2.45, 2.75) is 12.5 Å². The van der Waals surface area contributed by atoms with E-state index in [2.05, 4.69) is 10.5 Å². The summed E-state index contributed by atoms with van der Waals surface area (Å²) in [6.45, 7) is 0. The molecule has 0 unspecified atom stereocenters. The van der Waals surface area contributed by atoms with Crippen molar-refractivity contribution < 1.29 is 18.8 Å². The lowest BCUT2D eigenvalue weighted by Crippen LogP contribution is -2.28. The minimum atomic E-state index is -0.752. The fourth-order valence-corrected chi connectivity index (χ4v) is 2.32. The number of halogens is 1. The van der Waals surface area contributed by atoms with Crippen molar-refractivity contribution in [3.63, 3.8) is 0 Å². The van der Waals surface area contributed by atoms with Crippen LogP contribution < -0.4 is 10.1 Å². The summed E-state index contributed by atoms with van der Waals surface area (Å²) in [7, 11) is 1.53.